The van der Waals surface area contributed by atoms with Crippen LogP contribution in [-0.2, 0) is 20.4 Å². The number of carbonyl (C=O) groups is 2. The third-order valence-electron chi connectivity index (χ3n) is 6.33. The van der Waals surface area contributed by atoms with Gasteiger partial charge in [0.25, 0.3) is 5.91 Å². The van der Waals surface area contributed by atoms with E-state index in [0.29, 0.717) is 30.2 Å². The van der Waals surface area contributed by atoms with Gasteiger partial charge < -0.3 is 14.8 Å². The molecule has 5 rings (SSSR count). The Hall–Kier alpha value is -3.22. The highest BCUT2D eigenvalue weighted by Gasteiger charge is 2.50. The van der Waals surface area contributed by atoms with Crippen molar-refractivity contribution in [3.05, 3.63) is 53.8 Å². The molecular formula is C22H23FN4O6S. The fourth-order valence-corrected chi connectivity index (χ4v) is 5.77. The summed E-state index contributed by atoms with van der Waals surface area (Å²) in [6.45, 7) is 2.69. The summed E-state index contributed by atoms with van der Waals surface area (Å²) < 4.78 is 51.1. The van der Waals surface area contributed by atoms with E-state index in [-0.39, 0.29) is 31.4 Å². The number of carbonyl (C=O) groups excluding carboxylic acids is 2. The molecule has 0 bridgehead atoms. The lowest BCUT2D eigenvalue weighted by atomic mass is 9.92. The van der Waals surface area contributed by atoms with Crippen LogP contribution in [0.5, 0.6) is 11.5 Å². The molecule has 3 amide bonds. The third kappa shape index (κ3) is 3.77. The van der Waals surface area contributed by atoms with Gasteiger partial charge in [0.05, 0.1) is 11.6 Å². The number of piperazine rings is 1. The Morgan fingerprint density at radius 2 is 1.76 bits per heavy atom. The number of urea groups is 1. The smallest absolute Gasteiger partial charge is 0.326 e. The van der Waals surface area contributed by atoms with E-state index in [1.165, 1.54) is 22.5 Å². The van der Waals surface area contributed by atoms with Gasteiger partial charge in [0.1, 0.15) is 11.4 Å². The van der Waals surface area contributed by atoms with Crippen molar-refractivity contribution in [2.45, 2.75) is 17.4 Å². The maximum Gasteiger partial charge on any atom is 0.326 e. The van der Waals surface area contributed by atoms with Crippen LogP contribution in [0.2, 0.25) is 0 Å². The summed E-state index contributed by atoms with van der Waals surface area (Å²) in [7, 11) is -3.83. The van der Waals surface area contributed by atoms with Crippen molar-refractivity contribution in [2.24, 2.45) is 0 Å². The molecule has 0 unspecified atom stereocenters. The monoisotopic (exact) mass is 490 g/mol. The first kappa shape index (κ1) is 22.6. The van der Waals surface area contributed by atoms with Gasteiger partial charge in [-0.05, 0) is 42.8 Å². The summed E-state index contributed by atoms with van der Waals surface area (Å²) in [4.78, 5) is 28.8. The van der Waals surface area contributed by atoms with Crippen LogP contribution in [0.3, 0.4) is 0 Å². The first-order valence-corrected chi connectivity index (χ1v) is 12.1. The molecule has 2 aromatic rings. The molecule has 3 heterocycles. The average Bonchev–Trinajstić information content (AvgIpc) is 3.38. The van der Waals surface area contributed by atoms with Crippen molar-refractivity contribution in [1.82, 2.24) is 19.4 Å². The second-order valence-electron chi connectivity index (χ2n) is 8.48. The minimum absolute atomic E-state index is 0.0264. The highest BCUT2D eigenvalue weighted by atomic mass is 32.2. The van der Waals surface area contributed by atoms with E-state index >= 15 is 0 Å². The molecule has 2 fully saturated rings. The van der Waals surface area contributed by atoms with Gasteiger partial charge in [0.2, 0.25) is 16.8 Å². The molecule has 34 heavy (non-hydrogen) atoms. The third-order valence-corrected chi connectivity index (χ3v) is 8.23. The summed E-state index contributed by atoms with van der Waals surface area (Å²) >= 11 is 0. The van der Waals surface area contributed by atoms with Crippen LogP contribution in [0.1, 0.15) is 12.5 Å². The summed E-state index contributed by atoms with van der Waals surface area (Å²) in [5.74, 6) is 0.0526. The van der Waals surface area contributed by atoms with Crippen molar-refractivity contribution in [2.75, 3.05) is 39.6 Å². The van der Waals surface area contributed by atoms with Gasteiger partial charge in [0.15, 0.2) is 11.5 Å². The maximum absolute atomic E-state index is 13.5. The Labute approximate surface area is 195 Å². The Balaban J connectivity index is 1.25. The Kier molecular flexibility index (Phi) is 5.46. The van der Waals surface area contributed by atoms with E-state index in [1.807, 2.05) is 4.90 Å². The average molecular weight is 491 g/mol. The van der Waals surface area contributed by atoms with E-state index in [9.17, 15) is 22.4 Å². The minimum atomic E-state index is -3.83. The zero-order valence-electron chi connectivity index (χ0n) is 18.4. The summed E-state index contributed by atoms with van der Waals surface area (Å²) in [5.41, 5.74) is -0.691. The predicted octanol–water partition coefficient (Wildman–Crippen LogP) is 1.29. The lowest BCUT2D eigenvalue weighted by Crippen LogP contribution is -2.52. The lowest BCUT2D eigenvalue weighted by molar-refractivity contribution is -0.132. The fourth-order valence-electron chi connectivity index (χ4n) is 4.32. The van der Waals surface area contributed by atoms with Gasteiger partial charge in [-0.1, -0.05) is 12.1 Å². The number of rotatable bonds is 5. The molecule has 0 radical (unpaired) electrons. The minimum Gasteiger partial charge on any atom is -0.454 e. The molecule has 3 aliphatic heterocycles. The van der Waals surface area contributed by atoms with Crippen LogP contribution in [0.15, 0.2) is 47.4 Å². The van der Waals surface area contributed by atoms with Gasteiger partial charge >= 0.3 is 6.03 Å². The van der Waals surface area contributed by atoms with Crippen LogP contribution in [0.25, 0.3) is 0 Å². The molecule has 1 N–H and O–H groups in total. The van der Waals surface area contributed by atoms with Gasteiger partial charge in [-0.25, -0.2) is 22.5 Å². The van der Waals surface area contributed by atoms with Gasteiger partial charge in [-0.2, -0.15) is 4.31 Å². The largest absolute Gasteiger partial charge is 0.454 e. The van der Waals surface area contributed by atoms with E-state index in [4.69, 9.17) is 9.47 Å². The molecule has 180 valence electrons. The number of hydrogen-bond acceptors (Lipinski definition) is 7. The highest BCUT2D eigenvalue weighted by molar-refractivity contribution is 7.89. The second-order valence-corrected chi connectivity index (χ2v) is 10.4. The zero-order valence-corrected chi connectivity index (χ0v) is 19.2. The quantitative estimate of drug-likeness (QED) is 0.629. The van der Waals surface area contributed by atoms with Gasteiger partial charge in [-0.15, -0.1) is 0 Å². The first-order valence-electron chi connectivity index (χ1n) is 10.7. The maximum atomic E-state index is 13.5. The lowest BCUT2D eigenvalue weighted by Gasteiger charge is -2.35. The molecule has 0 spiro atoms. The number of benzene rings is 2. The molecule has 0 aromatic heterocycles. The number of sulfonamides is 1. The number of nitrogens with zero attached hydrogens (tertiary/aromatic N) is 3. The summed E-state index contributed by atoms with van der Waals surface area (Å²) in [6.07, 6.45) is 0. The van der Waals surface area contributed by atoms with E-state index in [2.05, 4.69) is 5.32 Å². The van der Waals surface area contributed by atoms with Crippen LogP contribution < -0.4 is 14.8 Å². The topological polar surface area (TPSA) is 108 Å². The van der Waals surface area contributed by atoms with Crippen molar-refractivity contribution < 1.29 is 31.9 Å². The Bertz CT molecular complexity index is 1260. The number of halogens is 1. The van der Waals surface area contributed by atoms with Crippen LogP contribution in [-0.4, -0.2) is 74.1 Å². The van der Waals surface area contributed by atoms with E-state index in [0.717, 1.165) is 11.0 Å². The van der Waals surface area contributed by atoms with Crippen molar-refractivity contribution in [3.63, 3.8) is 0 Å². The molecule has 1 atom stereocenters. The zero-order chi connectivity index (χ0) is 24.1. The number of imide groups is 1. The van der Waals surface area contributed by atoms with Crippen LogP contribution in [0, 0.1) is 5.82 Å². The number of nitrogens with one attached hydrogen (secondary N) is 1. The van der Waals surface area contributed by atoms with Crippen molar-refractivity contribution >= 4 is 22.0 Å². The SMILES string of the molecule is C[C@@]1(c2ccc3c(c2)OCO3)NC(=O)N(CN2CCN(S(=O)(=O)c3cccc(F)c3)CC2)C1=O. The first-order chi connectivity index (χ1) is 16.2. The standard InChI is InChI=1S/C22H23FN4O6S/c1-22(15-5-6-18-19(11-15)33-14-32-18)20(28)27(21(29)24-22)13-25-7-9-26(10-8-25)34(30,31)17-4-2-3-16(23)12-17/h2-6,11-12H,7-10,13-14H2,1H3,(H,24,29)/t22-/m0/s1. The van der Waals surface area contributed by atoms with Crippen molar-refractivity contribution in [1.29, 1.82) is 0 Å². The Morgan fingerprint density at radius 1 is 1.03 bits per heavy atom. The molecule has 12 heteroatoms. The van der Waals surface area contributed by atoms with Crippen molar-refractivity contribution in [3.8, 4) is 11.5 Å². The predicted molar refractivity (Wildman–Crippen MR) is 117 cm³/mol. The molecule has 0 saturated carbocycles. The summed E-state index contributed by atoms with van der Waals surface area (Å²) in [6, 6.07) is 9.45. The van der Waals surface area contributed by atoms with Gasteiger partial charge in [-0.3, -0.25) is 9.69 Å². The van der Waals surface area contributed by atoms with Crippen LogP contribution in [0.4, 0.5) is 9.18 Å². The number of amides is 3. The van der Waals surface area contributed by atoms with E-state index < -0.39 is 33.3 Å². The fraction of sp³-hybridized carbons (Fsp3) is 0.364. The summed E-state index contributed by atoms with van der Waals surface area (Å²) in [5, 5.41) is 2.76. The van der Waals surface area contributed by atoms with Gasteiger partial charge in [0, 0.05) is 26.2 Å². The molecule has 2 saturated heterocycles. The molecular weight excluding hydrogens is 467 g/mol. The number of hydrogen-bond donors (Lipinski definition) is 1. The Morgan fingerprint density at radius 3 is 2.50 bits per heavy atom. The second kappa shape index (κ2) is 8.22. The molecule has 2 aromatic carbocycles. The number of ether oxygens (including phenoxy) is 2. The molecule has 10 nitrogen and oxygen atoms in total. The number of fused-ring (bicyclic) bond motifs is 1. The van der Waals surface area contributed by atoms with Crippen LogP contribution >= 0.6 is 0 Å². The molecule has 0 aliphatic carbocycles. The van der Waals surface area contributed by atoms with E-state index in [1.54, 1.807) is 25.1 Å². The molecule has 3 aliphatic rings. The normalized spacial score (nSPS) is 23.4. The highest BCUT2D eigenvalue weighted by Crippen LogP contribution is 2.38.